The predicted octanol–water partition coefficient (Wildman–Crippen LogP) is 5.00. The Hall–Kier alpha value is -3.73. The minimum Gasteiger partial charge on any atom is -0.281 e. The average Bonchev–Trinajstić information content (AvgIpc) is 2.91. The highest BCUT2D eigenvalue weighted by atomic mass is 16.7. The lowest BCUT2D eigenvalue weighted by Crippen LogP contribution is -2.94. The Labute approximate surface area is 214 Å². The number of benzene rings is 4. The molecule has 3 N–H and O–H groups in total. The fraction of sp³-hybridized carbons (Fsp3) is 0.219. The molecule has 0 aliphatic rings. The normalized spacial score (nSPS) is 12.6. The van der Waals surface area contributed by atoms with Gasteiger partial charge in [-0.15, -0.1) is 0 Å². The monoisotopic (exact) mass is 479 g/mol. The first-order chi connectivity index (χ1) is 17.4. The van der Waals surface area contributed by atoms with Gasteiger partial charge in [0.1, 0.15) is 5.54 Å². The molecule has 0 spiro atoms. The molecule has 0 amide bonds. The first-order valence-electron chi connectivity index (χ1n) is 12.4. The van der Waals surface area contributed by atoms with Crippen LogP contribution >= 0.6 is 0 Å². The summed E-state index contributed by atoms with van der Waals surface area (Å²) in [5.41, 5.74) is 4.82. The summed E-state index contributed by atoms with van der Waals surface area (Å²) in [5, 5.41) is 3.81. The van der Waals surface area contributed by atoms with Gasteiger partial charge >= 0.3 is 5.97 Å². The molecule has 0 aromatic heterocycles. The van der Waals surface area contributed by atoms with Gasteiger partial charge in [0.05, 0.1) is 10.3 Å². The number of hydrogen-bond donors (Lipinski definition) is 2. The fourth-order valence-electron chi connectivity index (χ4n) is 4.44. The zero-order valence-electron chi connectivity index (χ0n) is 21.2. The molecule has 0 bridgehead atoms. The van der Waals surface area contributed by atoms with Gasteiger partial charge in [-0.25, -0.2) is 0 Å². The molecule has 4 aromatic carbocycles. The standard InChI is InChI=1S/C32H34N2O2/c1-31(2,3)34-36-30(35)29(24-25-16-8-4-9-17-25)33-32(26-18-10-5-11-19-26,27-20-12-6-13-21-27)28-22-14-7-15-23-28/h4-23,29,33-34H,24H2,1-3H3/q+1/p+1/t29-/m0/s1. The van der Waals surface area contributed by atoms with Crippen molar-refractivity contribution in [2.24, 2.45) is 0 Å². The van der Waals surface area contributed by atoms with Crippen molar-refractivity contribution in [2.45, 2.75) is 44.3 Å². The van der Waals surface area contributed by atoms with Gasteiger partial charge in [-0.1, -0.05) is 132 Å². The number of quaternary nitrogens is 1. The topological polar surface area (TPSA) is 57.8 Å². The van der Waals surface area contributed by atoms with Crippen molar-refractivity contribution in [3.8, 4) is 0 Å². The van der Waals surface area contributed by atoms with Gasteiger partial charge < -0.3 is 0 Å². The molecule has 0 aliphatic carbocycles. The van der Waals surface area contributed by atoms with Crippen LogP contribution in [0.2, 0.25) is 0 Å². The Morgan fingerprint density at radius 1 is 0.694 bits per heavy atom. The third-order valence-electron chi connectivity index (χ3n) is 6.11. The van der Waals surface area contributed by atoms with Crippen molar-refractivity contribution in [2.75, 3.05) is 0 Å². The van der Waals surface area contributed by atoms with Crippen molar-refractivity contribution >= 4 is 5.97 Å². The van der Waals surface area contributed by atoms with E-state index in [1.807, 2.05) is 106 Å². The highest BCUT2D eigenvalue weighted by Gasteiger charge is 2.45. The smallest absolute Gasteiger partial charge is 0.281 e. The second-order valence-electron chi connectivity index (χ2n) is 10.2. The van der Waals surface area contributed by atoms with Crippen LogP contribution in [0.15, 0.2) is 121 Å². The van der Waals surface area contributed by atoms with Crippen LogP contribution in [0, 0.1) is 0 Å². The van der Waals surface area contributed by atoms with Crippen LogP contribution in [0.1, 0.15) is 43.0 Å². The van der Waals surface area contributed by atoms with Crippen molar-refractivity contribution < 1.29 is 15.1 Å². The van der Waals surface area contributed by atoms with E-state index in [0.29, 0.717) is 6.42 Å². The number of nitrogens with two attached hydrogens (primary N) is 1. The molecule has 1 atom stereocenters. The second-order valence-corrected chi connectivity index (χ2v) is 10.2. The van der Waals surface area contributed by atoms with Crippen LogP contribution in [0.25, 0.3) is 0 Å². The summed E-state index contributed by atoms with van der Waals surface area (Å²) < 4.78 is 0. The fourth-order valence-corrected chi connectivity index (χ4v) is 4.44. The molecule has 0 saturated heterocycles. The molecule has 0 heterocycles. The van der Waals surface area contributed by atoms with Crippen LogP contribution in [0.4, 0.5) is 0 Å². The van der Waals surface area contributed by atoms with E-state index in [1.54, 1.807) is 5.48 Å². The van der Waals surface area contributed by atoms with Crippen LogP contribution in [0.5, 0.6) is 0 Å². The van der Waals surface area contributed by atoms with Gasteiger partial charge in [0.25, 0.3) is 0 Å². The molecule has 183 valence electrons. The zero-order chi connectivity index (χ0) is 25.4. The number of hydrogen-bond acceptors (Lipinski definition) is 3. The number of hydroxylamine groups is 1. The van der Waals surface area contributed by atoms with E-state index >= 15 is 0 Å². The minimum absolute atomic E-state index is 0.248. The Kier molecular flexibility index (Phi) is 7.99. The van der Waals surface area contributed by atoms with Crippen molar-refractivity contribution in [3.05, 3.63) is 144 Å². The molecular formula is C32H35N2O2+2. The summed E-state index contributed by atoms with van der Waals surface area (Å²) in [6, 6.07) is 40.4. The third-order valence-corrected chi connectivity index (χ3v) is 6.11. The Morgan fingerprint density at radius 2 is 1.08 bits per heavy atom. The van der Waals surface area contributed by atoms with E-state index in [-0.39, 0.29) is 11.5 Å². The maximum atomic E-state index is 13.6. The minimum atomic E-state index is -0.774. The van der Waals surface area contributed by atoms with Gasteiger partial charge in [-0.05, 0) is 43.0 Å². The Balaban J connectivity index is 1.86. The van der Waals surface area contributed by atoms with Crippen molar-refractivity contribution in [1.29, 1.82) is 0 Å². The Morgan fingerprint density at radius 3 is 1.47 bits per heavy atom. The molecule has 4 heteroatoms. The molecule has 0 unspecified atom stereocenters. The van der Waals surface area contributed by atoms with Crippen LogP contribution in [-0.2, 0) is 21.6 Å². The number of rotatable bonds is 9. The molecule has 4 nitrogen and oxygen atoms in total. The molecule has 36 heavy (non-hydrogen) atoms. The number of carbonyl (C=O) groups is 1. The molecule has 0 fully saturated rings. The van der Waals surface area contributed by atoms with Crippen LogP contribution in [0.3, 0.4) is 0 Å². The highest BCUT2D eigenvalue weighted by Crippen LogP contribution is 2.37. The summed E-state index contributed by atoms with van der Waals surface area (Å²) in [5.74, 6) is -0.305. The lowest BCUT2D eigenvalue weighted by atomic mass is 9.76. The molecule has 4 rings (SSSR count). The van der Waals surface area contributed by atoms with E-state index in [0.717, 1.165) is 22.3 Å². The molecule has 0 saturated carbocycles. The molecule has 4 aromatic rings. The average molecular weight is 480 g/mol. The third kappa shape index (κ3) is 6.09. The maximum absolute atomic E-state index is 13.6. The van der Waals surface area contributed by atoms with E-state index in [9.17, 15) is 4.79 Å². The van der Waals surface area contributed by atoms with Gasteiger partial charge in [-0.3, -0.25) is 5.32 Å². The SMILES string of the molecule is CC(C)(C)[NH2+]OC(=[O+])[C@H](Cc1ccccc1)NC(c1ccccc1)(c1ccccc1)c1ccccc1. The highest BCUT2D eigenvalue weighted by molar-refractivity contribution is 5.76. The molecule has 0 aliphatic heterocycles. The van der Waals surface area contributed by atoms with E-state index < -0.39 is 11.6 Å². The van der Waals surface area contributed by atoms with Gasteiger partial charge in [0, 0.05) is 6.42 Å². The van der Waals surface area contributed by atoms with Gasteiger partial charge in [0.2, 0.25) is 0 Å². The summed E-state index contributed by atoms with van der Waals surface area (Å²) in [7, 11) is 0. The lowest BCUT2D eigenvalue weighted by molar-refractivity contribution is -0.915. The maximum Gasteiger partial charge on any atom is 0.655 e. The lowest BCUT2D eigenvalue weighted by Gasteiger charge is -2.38. The summed E-state index contributed by atoms with van der Waals surface area (Å²) in [4.78, 5) is 19.4. The first-order valence-corrected chi connectivity index (χ1v) is 12.4. The number of carbonyl (C=O) groups excluding carboxylic acids is 1. The number of nitrogens with one attached hydrogen (secondary N) is 1. The Bertz CT molecular complexity index is 1120. The van der Waals surface area contributed by atoms with E-state index in [1.165, 1.54) is 0 Å². The van der Waals surface area contributed by atoms with Gasteiger partial charge in [0.15, 0.2) is 6.04 Å². The van der Waals surface area contributed by atoms with E-state index in [2.05, 4.69) is 41.7 Å². The van der Waals surface area contributed by atoms with E-state index in [4.69, 9.17) is 4.84 Å². The van der Waals surface area contributed by atoms with Crippen molar-refractivity contribution in [1.82, 2.24) is 5.32 Å². The van der Waals surface area contributed by atoms with Crippen molar-refractivity contribution in [3.63, 3.8) is 0 Å². The molecular weight excluding hydrogens is 444 g/mol. The second kappa shape index (κ2) is 11.3. The summed E-state index contributed by atoms with van der Waals surface area (Å²) in [6.45, 7) is 6.05. The summed E-state index contributed by atoms with van der Waals surface area (Å²) >= 11 is 0. The molecule has 1 radical (unpaired) electrons. The van der Waals surface area contributed by atoms with Crippen LogP contribution < -0.4 is 10.8 Å². The largest absolute Gasteiger partial charge is 0.655 e. The quantitative estimate of drug-likeness (QED) is 0.202. The predicted molar refractivity (Wildman–Crippen MR) is 144 cm³/mol. The zero-order valence-corrected chi connectivity index (χ0v) is 21.2. The van der Waals surface area contributed by atoms with Crippen LogP contribution in [-0.4, -0.2) is 17.6 Å². The van der Waals surface area contributed by atoms with Gasteiger partial charge in [-0.2, -0.15) is 0 Å². The first kappa shape index (κ1) is 25.4. The summed E-state index contributed by atoms with van der Waals surface area (Å²) in [6.07, 6.45) is 0.492.